The van der Waals surface area contributed by atoms with Crippen molar-refractivity contribution in [1.29, 1.82) is 0 Å². The van der Waals surface area contributed by atoms with Crippen LogP contribution in [0.25, 0.3) is 0 Å². The largest absolute Gasteiger partial charge is 0.381 e. The molecular formula is C13H24N2O2. The number of hydrogen-bond acceptors (Lipinski definition) is 3. The van der Waals surface area contributed by atoms with E-state index in [1.165, 1.54) is 12.8 Å². The SMILES string of the molecule is CC1(CNC(=O)C2CCCOC2)CCCNC1. The first-order chi connectivity index (χ1) is 8.20. The van der Waals surface area contributed by atoms with E-state index in [2.05, 4.69) is 17.6 Å². The molecular weight excluding hydrogens is 216 g/mol. The van der Waals surface area contributed by atoms with Crippen LogP contribution < -0.4 is 10.6 Å². The molecule has 0 bridgehead atoms. The Balaban J connectivity index is 1.74. The van der Waals surface area contributed by atoms with Gasteiger partial charge >= 0.3 is 0 Å². The first-order valence-electron chi connectivity index (χ1n) is 6.76. The lowest BCUT2D eigenvalue weighted by Crippen LogP contribution is -2.47. The number of nitrogens with one attached hydrogen (secondary N) is 2. The summed E-state index contributed by atoms with van der Waals surface area (Å²) in [5, 5.41) is 6.51. The maximum absolute atomic E-state index is 12.0. The maximum atomic E-state index is 12.0. The van der Waals surface area contributed by atoms with Crippen molar-refractivity contribution in [2.45, 2.75) is 32.6 Å². The molecule has 98 valence electrons. The molecule has 4 nitrogen and oxygen atoms in total. The summed E-state index contributed by atoms with van der Waals surface area (Å²) in [7, 11) is 0. The average molecular weight is 240 g/mol. The van der Waals surface area contributed by atoms with Crippen LogP contribution in [0.3, 0.4) is 0 Å². The monoisotopic (exact) mass is 240 g/mol. The zero-order valence-electron chi connectivity index (χ0n) is 10.8. The molecule has 0 spiro atoms. The lowest BCUT2D eigenvalue weighted by atomic mass is 9.82. The van der Waals surface area contributed by atoms with Crippen molar-refractivity contribution in [3.63, 3.8) is 0 Å². The van der Waals surface area contributed by atoms with Crippen LogP contribution in [-0.4, -0.2) is 38.8 Å². The van der Waals surface area contributed by atoms with Gasteiger partial charge in [-0.2, -0.15) is 0 Å². The summed E-state index contributed by atoms with van der Waals surface area (Å²) in [4.78, 5) is 12.0. The fourth-order valence-corrected chi connectivity index (χ4v) is 2.66. The van der Waals surface area contributed by atoms with Crippen LogP contribution >= 0.6 is 0 Å². The van der Waals surface area contributed by atoms with Gasteiger partial charge in [-0.25, -0.2) is 0 Å². The third-order valence-corrected chi connectivity index (χ3v) is 3.91. The highest BCUT2D eigenvalue weighted by Gasteiger charge is 2.29. The smallest absolute Gasteiger partial charge is 0.225 e. The highest BCUT2D eigenvalue weighted by Crippen LogP contribution is 2.24. The average Bonchev–Trinajstić information content (AvgIpc) is 2.38. The second-order valence-electron chi connectivity index (χ2n) is 5.72. The van der Waals surface area contributed by atoms with Gasteiger partial charge in [0.1, 0.15) is 0 Å². The summed E-state index contributed by atoms with van der Waals surface area (Å²) in [6.45, 7) is 6.56. The number of piperidine rings is 1. The number of amides is 1. The van der Waals surface area contributed by atoms with Crippen molar-refractivity contribution in [3.8, 4) is 0 Å². The Labute approximate surface area is 103 Å². The molecule has 0 saturated carbocycles. The molecule has 0 aromatic rings. The van der Waals surface area contributed by atoms with E-state index in [1.54, 1.807) is 0 Å². The molecule has 2 aliphatic heterocycles. The predicted octanol–water partition coefficient (Wildman–Crippen LogP) is 0.919. The van der Waals surface area contributed by atoms with Crippen molar-refractivity contribution >= 4 is 5.91 Å². The molecule has 0 aliphatic carbocycles. The molecule has 2 fully saturated rings. The molecule has 17 heavy (non-hydrogen) atoms. The van der Waals surface area contributed by atoms with Crippen LogP contribution in [0.4, 0.5) is 0 Å². The molecule has 1 amide bonds. The molecule has 2 rings (SSSR count). The molecule has 0 radical (unpaired) electrons. The van der Waals surface area contributed by atoms with E-state index in [1.807, 2.05) is 0 Å². The van der Waals surface area contributed by atoms with Crippen molar-refractivity contribution in [3.05, 3.63) is 0 Å². The minimum Gasteiger partial charge on any atom is -0.381 e. The van der Waals surface area contributed by atoms with Gasteiger partial charge in [0, 0.05) is 19.7 Å². The van der Waals surface area contributed by atoms with Gasteiger partial charge in [0.05, 0.1) is 12.5 Å². The minimum absolute atomic E-state index is 0.0731. The molecule has 2 unspecified atom stereocenters. The Morgan fingerprint density at radius 3 is 3.06 bits per heavy atom. The van der Waals surface area contributed by atoms with Gasteiger partial charge in [-0.05, 0) is 37.6 Å². The number of hydrogen-bond donors (Lipinski definition) is 2. The molecule has 0 aromatic heterocycles. The second kappa shape index (κ2) is 5.83. The van der Waals surface area contributed by atoms with Crippen LogP contribution in [0.5, 0.6) is 0 Å². The zero-order valence-corrected chi connectivity index (χ0v) is 10.8. The molecule has 2 aliphatic rings. The Morgan fingerprint density at radius 1 is 1.53 bits per heavy atom. The minimum atomic E-state index is 0.0731. The summed E-state index contributed by atoms with van der Waals surface area (Å²) in [5.74, 6) is 0.250. The zero-order chi connectivity index (χ0) is 12.1. The second-order valence-corrected chi connectivity index (χ2v) is 5.72. The Kier molecular flexibility index (Phi) is 4.40. The summed E-state index contributed by atoms with van der Waals surface area (Å²) in [6.07, 6.45) is 4.39. The van der Waals surface area contributed by atoms with Crippen molar-refractivity contribution in [1.82, 2.24) is 10.6 Å². The highest BCUT2D eigenvalue weighted by atomic mass is 16.5. The lowest BCUT2D eigenvalue weighted by Gasteiger charge is -2.34. The summed E-state index contributed by atoms with van der Waals surface area (Å²) in [6, 6.07) is 0. The molecule has 2 heterocycles. The van der Waals surface area contributed by atoms with E-state index in [0.29, 0.717) is 6.61 Å². The van der Waals surface area contributed by atoms with Gasteiger partial charge in [-0.3, -0.25) is 4.79 Å². The van der Waals surface area contributed by atoms with Crippen LogP contribution in [0, 0.1) is 11.3 Å². The topological polar surface area (TPSA) is 50.4 Å². The van der Waals surface area contributed by atoms with Gasteiger partial charge < -0.3 is 15.4 Å². The van der Waals surface area contributed by atoms with E-state index in [4.69, 9.17) is 4.74 Å². The highest BCUT2D eigenvalue weighted by molar-refractivity contribution is 5.78. The standard InChI is InChI=1S/C13H24N2O2/c1-13(5-3-6-14-9-13)10-15-12(16)11-4-2-7-17-8-11/h11,14H,2-10H2,1H3,(H,15,16). The fourth-order valence-electron chi connectivity index (χ4n) is 2.66. The normalized spacial score (nSPS) is 34.3. The third kappa shape index (κ3) is 3.68. The Morgan fingerprint density at radius 2 is 2.41 bits per heavy atom. The van der Waals surface area contributed by atoms with Crippen molar-refractivity contribution in [2.24, 2.45) is 11.3 Å². The van der Waals surface area contributed by atoms with E-state index in [-0.39, 0.29) is 17.2 Å². The molecule has 2 N–H and O–H groups in total. The first-order valence-corrected chi connectivity index (χ1v) is 6.76. The van der Waals surface area contributed by atoms with Crippen LogP contribution in [-0.2, 0) is 9.53 Å². The number of rotatable bonds is 3. The molecule has 2 saturated heterocycles. The fraction of sp³-hybridized carbons (Fsp3) is 0.923. The molecule has 2 atom stereocenters. The van der Waals surface area contributed by atoms with E-state index < -0.39 is 0 Å². The van der Waals surface area contributed by atoms with Gasteiger partial charge in [0.15, 0.2) is 0 Å². The summed E-state index contributed by atoms with van der Waals surface area (Å²) in [5.41, 5.74) is 0.226. The van der Waals surface area contributed by atoms with Gasteiger partial charge in [-0.1, -0.05) is 6.92 Å². The Bertz CT molecular complexity index is 256. The first kappa shape index (κ1) is 12.8. The Hall–Kier alpha value is -0.610. The van der Waals surface area contributed by atoms with Gasteiger partial charge in [-0.15, -0.1) is 0 Å². The van der Waals surface area contributed by atoms with Crippen LogP contribution in [0.1, 0.15) is 32.6 Å². The van der Waals surface area contributed by atoms with Crippen molar-refractivity contribution < 1.29 is 9.53 Å². The lowest BCUT2D eigenvalue weighted by molar-refractivity contribution is -0.129. The van der Waals surface area contributed by atoms with Gasteiger partial charge in [0.25, 0.3) is 0 Å². The van der Waals surface area contributed by atoms with E-state index >= 15 is 0 Å². The predicted molar refractivity (Wildman–Crippen MR) is 66.8 cm³/mol. The van der Waals surface area contributed by atoms with Crippen LogP contribution in [0.2, 0.25) is 0 Å². The van der Waals surface area contributed by atoms with Crippen LogP contribution in [0.15, 0.2) is 0 Å². The number of carbonyl (C=O) groups excluding carboxylic acids is 1. The molecule has 4 heteroatoms. The number of ether oxygens (including phenoxy) is 1. The third-order valence-electron chi connectivity index (χ3n) is 3.91. The quantitative estimate of drug-likeness (QED) is 0.771. The van der Waals surface area contributed by atoms with E-state index in [9.17, 15) is 4.79 Å². The summed E-state index contributed by atoms with van der Waals surface area (Å²) < 4.78 is 5.35. The van der Waals surface area contributed by atoms with E-state index in [0.717, 1.165) is 39.1 Å². The summed E-state index contributed by atoms with van der Waals surface area (Å²) >= 11 is 0. The number of carbonyl (C=O) groups is 1. The maximum Gasteiger partial charge on any atom is 0.225 e. The van der Waals surface area contributed by atoms with Crippen molar-refractivity contribution in [2.75, 3.05) is 32.8 Å². The molecule has 0 aromatic carbocycles. The van der Waals surface area contributed by atoms with Gasteiger partial charge in [0.2, 0.25) is 5.91 Å².